The number of anilines is 1. The minimum atomic E-state index is -0.385. The molecule has 23 heavy (non-hydrogen) atoms. The SMILES string of the molecule is COC(=O)c1c(NC(=O)c2ccc(Cl)s2)sc2c1CCCCC2. The fraction of sp³-hybridized carbons (Fsp3) is 0.375. The lowest BCUT2D eigenvalue weighted by molar-refractivity contribution is 0.0601. The maximum absolute atomic E-state index is 12.4. The van der Waals surface area contributed by atoms with E-state index < -0.39 is 0 Å². The highest BCUT2D eigenvalue weighted by Crippen LogP contribution is 2.38. The molecule has 0 fully saturated rings. The first kappa shape index (κ1) is 16.5. The molecule has 0 bridgehead atoms. The van der Waals surface area contributed by atoms with E-state index in [0.717, 1.165) is 37.7 Å². The van der Waals surface area contributed by atoms with Gasteiger partial charge in [-0.1, -0.05) is 18.0 Å². The number of methoxy groups -OCH3 is 1. The molecule has 0 radical (unpaired) electrons. The first-order valence-corrected chi connectivity index (χ1v) is 9.40. The highest BCUT2D eigenvalue weighted by atomic mass is 35.5. The lowest BCUT2D eigenvalue weighted by Crippen LogP contribution is -2.13. The number of esters is 1. The van der Waals surface area contributed by atoms with Gasteiger partial charge in [-0.05, 0) is 43.4 Å². The number of hydrogen-bond donors (Lipinski definition) is 1. The molecule has 3 rings (SSSR count). The number of rotatable bonds is 3. The van der Waals surface area contributed by atoms with Crippen molar-refractivity contribution < 1.29 is 14.3 Å². The van der Waals surface area contributed by atoms with Crippen LogP contribution in [-0.2, 0) is 17.6 Å². The van der Waals surface area contributed by atoms with Gasteiger partial charge < -0.3 is 10.1 Å². The Morgan fingerprint density at radius 2 is 1.96 bits per heavy atom. The molecule has 0 unspecified atom stereocenters. The van der Waals surface area contributed by atoms with Crippen LogP contribution in [0.1, 0.15) is 49.7 Å². The number of thiophene rings is 2. The van der Waals surface area contributed by atoms with Gasteiger partial charge in [0.2, 0.25) is 0 Å². The molecule has 0 aromatic carbocycles. The van der Waals surface area contributed by atoms with Crippen LogP contribution in [0.5, 0.6) is 0 Å². The van der Waals surface area contributed by atoms with Gasteiger partial charge in [-0.25, -0.2) is 4.79 Å². The Hall–Kier alpha value is -1.37. The van der Waals surface area contributed by atoms with Crippen molar-refractivity contribution in [3.63, 3.8) is 0 Å². The molecular formula is C16H16ClNO3S2. The van der Waals surface area contributed by atoms with Crippen LogP contribution in [0.4, 0.5) is 5.00 Å². The van der Waals surface area contributed by atoms with Crippen molar-refractivity contribution >= 4 is 51.2 Å². The number of hydrogen-bond acceptors (Lipinski definition) is 5. The molecule has 0 spiro atoms. The minimum absolute atomic E-state index is 0.247. The average Bonchev–Trinajstić information content (AvgIpc) is 3.03. The molecule has 7 heteroatoms. The van der Waals surface area contributed by atoms with E-state index in [2.05, 4.69) is 5.32 Å². The Labute approximate surface area is 147 Å². The summed E-state index contributed by atoms with van der Waals surface area (Å²) < 4.78 is 5.49. The monoisotopic (exact) mass is 369 g/mol. The number of amides is 1. The summed E-state index contributed by atoms with van der Waals surface area (Å²) in [5, 5.41) is 3.45. The maximum Gasteiger partial charge on any atom is 0.341 e. The first-order chi connectivity index (χ1) is 11.1. The molecule has 2 heterocycles. The summed E-state index contributed by atoms with van der Waals surface area (Å²) in [6.07, 6.45) is 5.14. The fourth-order valence-corrected chi connectivity index (χ4v) is 4.96. The average molecular weight is 370 g/mol. The molecule has 122 valence electrons. The van der Waals surface area contributed by atoms with Crippen LogP contribution in [0.25, 0.3) is 0 Å². The zero-order chi connectivity index (χ0) is 16.4. The fourth-order valence-electron chi connectivity index (χ4n) is 2.75. The molecule has 4 nitrogen and oxygen atoms in total. The van der Waals surface area contributed by atoms with Crippen LogP contribution in [0.2, 0.25) is 4.34 Å². The number of carbonyl (C=O) groups excluding carboxylic acids is 2. The number of nitrogens with one attached hydrogen (secondary N) is 1. The second kappa shape index (κ2) is 7.03. The van der Waals surface area contributed by atoms with E-state index in [0.29, 0.717) is 19.8 Å². The Morgan fingerprint density at radius 3 is 2.65 bits per heavy atom. The number of ether oxygens (including phenoxy) is 1. The number of fused-ring (bicyclic) bond motifs is 1. The van der Waals surface area contributed by atoms with Gasteiger partial charge in [0, 0.05) is 4.88 Å². The molecule has 0 saturated heterocycles. The lowest BCUT2D eigenvalue weighted by Gasteiger charge is -2.06. The van der Waals surface area contributed by atoms with Crippen LogP contribution in [0.3, 0.4) is 0 Å². The van der Waals surface area contributed by atoms with E-state index in [9.17, 15) is 9.59 Å². The van der Waals surface area contributed by atoms with Crippen molar-refractivity contribution in [3.05, 3.63) is 37.4 Å². The van der Waals surface area contributed by atoms with E-state index in [1.54, 1.807) is 12.1 Å². The van der Waals surface area contributed by atoms with Crippen LogP contribution >= 0.6 is 34.3 Å². The molecular weight excluding hydrogens is 354 g/mol. The molecule has 0 atom stereocenters. The summed E-state index contributed by atoms with van der Waals surface area (Å²) in [7, 11) is 1.37. The van der Waals surface area contributed by atoms with E-state index in [4.69, 9.17) is 16.3 Å². The predicted octanol–water partition coefficient (Wildman–Crippen LogP) is 4.77. The molecule has 2 aromatic heterocycles. The second-order valence-corrected chi connectivity index (χ2v) is 8.14. The van der Waals surface area contributed by atoms with Crippen molar-refractivity contribution in [2.45, 2.75) is 32.1 Å². The second-order valence-electron chi connectivity index (χ2n) is 5.32. The topological polar surface area (TPSA) is 55.4 Å². The van der Waals surface area contributed by atoms with Crippen LogP contribution in [0.15, 0.2) is 12.1 Å². The van der Waals surface area contributed by atoms with Crippen LogP contribution in [0, 0.1) is 0 Å². The van der Waals surface area contributed by atoms with Crippen molar-refractivity contribution in [2.75, 3.05) is 12.4 Å². The molecule has 1 aliphatic rings. The zero-order valence-corrected chi connectivity index (χ0v) is 15.0. The van der Waals surface area contributed by atoms with Gasteiger partial charge in [-0.15, -0.1) is 22.7 Å². The molecule has 0 saturated carbocycles. The smallest absolute Gasteiger partial charge is 0.341 e. The molecule has 0 aliphatic heterocycles. The van der Waals surface area contributed by atoms with Crippen molar-refractivity contribution in [2.24, 2.45) is 0 Å². The molecule has 1 amide bonds. The highest BCUT2D eigenvalue weighted by Gasteiger charge is 2.26. The van der Waals surface area contributed by atoms with Gasteiger partial charge in [-0.3, -0.25) is 4.79 Å². The number of halogens is 1. The molecule has 1 aliphatic carbocycles. The molecule has 1 N–H and O–H groups in total. The Balaban J connectivity index is 1.94. The quantitative estimate of drug-likeness (QED) is 0.626. The Kier molecular flexibility index (Phi) is 5.04. The first-order valence-electron chi connectivity index (χ1n) is 7.39. The van der Waals surface area contributed by atoms with E-state index in [1.807, 2.05) is 0 Å². The van der Waals surface area contributed by atoms with E-state index in [1.165, 1.54) is 34.7 Å². The van der Waals surface area contributed by atoms with E-state index in [-0.39, 0.29) is 11.9 Å². The lowest BCUT2D eigenvalue weighted by atomic mass is 10.1. The van der Waals surface area contributed by atoms with Crippen LogP contribution in [-0.4, -0.2) is 19.0 Å². The summed E-state index contributed by atoms with van der Waals surface area (Å²) in [6.45, 7) is 0. The van der Waals surface area contributed by atoms with Gasteiger partial charge in [0.25, 0.3) is 5.91 Å². The van der Waals surface area contributed by atoms with Gasteiger partial charge in [0.1, 0.15) is 5.00 Å². The summed E-state index contributed by atoms with van der Waals surface area (Å²) in [4.78, 5) is 26.3. The largest absolute Gasteiger partial charge is 0.465 e. The zero-order valence-electron chi connectivity index (χ0n) is 12.6. The number of aryl methyl sites for hydroxylation is 1. The summed E-state index contributed by atoms with van der Waals surface area (Å²) in [5.41, 5.74) is 1.56. The van der Waals surface area contributed by atoms with Crippen molar-refractivity contribution in [3.8, 4) is 0 Å². The summed E-state index contributed by atoms with van der Waals surface area (Å²) in [5.74, 6) is -0.632. The van der Waals surface area contributed by atoms with Crippen molar-refractivity contribution in [1.82, 2.24) is 0 Å². The number of carbonyl (C=O) groups is 2. The van der Waals surface area contributed by atoms with Gasteiger partial charge in [0.15, 0.2) is 0 Å². The predicted molar refractivity (Wildman–Crippen MR) is 94.2 cm³/mol. The van der Waals surface area contributed by atoms with Crippen LogP contribution < -0.4 is 5.32 Å². The Morgan fingerprint density at radius 1 is 1.17 bits per heavy atom. The maximum atomic E-state index is 12.4. The third-order valence-corrected chi connectivity index (χ3v) is 6.27. The third-order valence-electron chi connectivity index (χ3n) is 3.83. The highest BCUT2D eigenvalue weighted by molar-refractivity contribution is 7.18. The third kappa shape index (κ3) is 3.44. The normalized spacial score (nSPS) is 14.0. The minimum Gasteiger partial charge on any atom is -0.465 e. The van der Waals surface area contributed by atoms with E-state index >= 15 is 0 Å². The van der Waals surface area contributed by atoms with Gasteiger partial charge in [-0.2, -0.15) is 0 Å². The standard InChI is InChI=1S/C16H16ClNO3S2/c1-21-16(20)13-9-5-3-2-4-6-10(9)23-15(13)18-14(19)11-7-8-12(17)22-11/h7-8H,2-6H2,1H3,(H,18,19). The van der Waals surface area contributed by atoms with Gasteiger partial charge in [0.05, 0.1) is 21.9 Å². The van der Waals surface area contributed by atoms with Gasteiger partial charge >= 0.3 is 5.97 Å². The summed E-state index contributed by atoms with van der Waals surface area (Å²) in [6, 6.07) is 3.37. The Bertz CT molecular complexity index is 751. The summed E-state index contributed by atoms with van der Waals surface area (Å²) >= 11 is 8.58. The molecule has 2 aromatic rings. The van der Waals surface area contributed by atoms with Crippen molar-refractivity contribution in [1.29, 1.82) is 0 Å².